The Morgan fingerprint density at radius 3 is 2.34 bits per heavy atom. The van der Waals surface area contributed by atoms with Crippen molar-refractivity contribution >= 4 is 17.8 Å². The molecule has 1 fully saturated rings. The number of carbonyl (C=O) groups is 2. The summed E-state index contributed by atoms with van der Waals surface area (Å²) >= 11 is 0. The van der Waals surface area contributed by atoms with Gasteiger partial charge in [0, 0.05) is 25.3 Å². The van der Waals surface area contributed by atoms with Crippen molar-refractivity contribution in [2.24, 2.45) is 0 Å². The minimum atomic E-state index is -4.39. The molecule has 0 saturated carbocycles. The maximum atomic E-state index is 12.6. The maximum Gasteiger partial charge on any atom is 0.416 e. The number of nitrogens with one attached hydrogen (secondary N) is 2. The van der Waals surface area contributed by atoms with Gasteiger partial charge in [0.1, 0.15) is 5.82 Å². The van der Waals surface area contributed by atoms with Crippen molar-refractivity contribution in [3.8, 4) is 0 Å². The summed E-state index contributed by atoms with van der Waals surface area (Å²) in [4.78, 5) is 30.1. The zero-order chi connectivity index (χ0) is 20.9. The Bertz CT molecular complexity index is 833. The molecule has 154 valence electrons. The summed E-state index contributed by atoms with van der Waals surface area (Å²) in [5, 5.41) is 5.51. The smallest absolute Gasteiger partial charge is 0.342 e. The summed E-state index contributed by atoms with van der Waals surface area (Å²) in [6, 6.07) is 9.42. The number of pyridine rings is 1. The van der Waals surface area contributed by atoms with Crippen LogP contribution in [0.15, 0.2) is 48.7 Å². The molecule has 29 heavy (non-hydrogen) atoms. The number of hydrogen-bond acceptors (Lipinski definition) is 3. The molecule has 0 atom stereocenters. The highest BCUT2D eigenvalue weighted by atomic mass is 19.4. The number of urea groups is 1. The van der Waals surface area contributed by atoms with E-state index in [4.69, 9.17) is 0 Å². The van der Waals surface area contributed by atoms with Gasteiger partial charge in [-0.25, -0.2) is 9.78 Å². The van der Waals surface area contributed by atoms with Crippen LogP contribution in [0.4, 0.5) is 23.8 Å². The molecule has 1 aliphatic heterocycles. The van der Waals surface area contributed by atoms with Crippen molar-refractivity contribution in [1.29, 1.82) is 0 Å². The topological polar surface area (TPSA) is 74.3 Å². The number of benzene rings is 1. The van der Waals surface area contributed by atoms with Crippen LogP contribution in [0.1, 0.15) is 24.0 Å². The second-order valence-electron chi connectivity index (χ2n) is 6.84. The third kappa shape index (κ3) is 5.94. The van der Waals surface area contributed by atoms with Crippen LogP contribution in [-0.4, -0.2) is 41.0 Å². The van der Waals surface area contributed by atoms with Crippen LogP contribution in [0, 0.1) is 0 Å². The first-order valence-electron chi connectivity index (χ1n) is 9.24. The van der Waals surface area contributed by atoms with E-state index in [-0.39, 0.29) is 24.4 Å². The van der Waals surface area contributed by atoms with Gasteiger partial charge in [0.25, 0.3) is 0 Å². The zero-order valence-electron chi connectivity index (χ0n) is 15.6. The van der Waals surface area contributed by atoms with Crippen LogP contribution in [0.3, 0.4) is 0 Å². The van der Waals surface area contributed by atoms with E-state index in [1.807, 2.05) is 0 Å². The largest absolute Gasteiger partial charge is 0.416 e. The average molecular weight is 406 g/mol. The predicted octanol–water partition coefficient (Wildman–Crippen LogP) is 3.46. The fraction of sp³-hybridized carbons (Fsp3) is 0.350. The molecule has 9 heteroatoms. The second-order valence-corrected chi connectivity index (χ2v) is 6.84. The highest BCUT2D eigenvalue weighted by Gasteiger charge is 2.30. The first-order valence-corrected chi connectivity index (χ1v) is 9.24. The maximum absolute atomic E-state index is 12.6. The Morgan fingerprint density at radius 1 is 1.07 bits per heavy atom. The Hall–Kier alpha value is -3.10. The van der Waals surface area contributed by atoms with Gasteiger partial charge in [0.15, 0.2) is 0 Å². The molecular weight excluding hydrogens is 385 g/mol. The van der Waals surface area contributed by atoms with E-state index in [9.17, 15) is 22.8 Å². The van der Waals surface area contributed by atoms with E-state index >= 15 is 0 Å². The number of likely N-dealkylation sites (tertiary alicyclic amines) is 1. The highest BCUT2D eigenvalue weighted by molar-refractivity contribution is 5.88. The van der Waals surface area contributed by atoms with Crippen LogP contribution in [0.25, 0.3) is 0 Å². The molecule has 0 aliphatic carbocycles. The summed E-state index contributed by atoms with van der Waals surface area (Å²) in [5.41, 5.74) is -0.192. The molecule has 2 aromatic rings. The number of anilines is 1. The molecule has 6 nitrogen and oxygen atoms in total. The number of nitrogens with zero attached hydrogens (tertiary/aromatic N) is 2. The van der Waals surface area contributed by atoms with E-state index in [1.165, 1.54) is 12.1 Å². The van der Waals surface area contributed by atoms with Crippen molar-refractivity contribution in [3.63, 3.8) is 0 Å². The van der Waals surface area contributed by atoms with E-state index in [0.717, 1.165) is 12.1 Å². The SMILES string of the molecule is O=C(Nc1ccccn1)NC1CCN(C(=O)Cc2ccc(C(F)(F)F)cc2)CC1. The van der Waals surface area contributed by atoms with Gasteiger partial charge in [-0.1, -0.05) is 18.2 Å². The lowest BCUT2D eigenvalue weighted by Crippen LogP contribution is -2.48. The van der Waals surface area contributed by atoms with Gasteiger partial charge in [0.2, 0.25) is 5.91 Å². The van der Waals surface area contributed by atoms with Gasteiger partial charge in [-0.3, -0.25) is 10.1 Å². The van der Waals surface area contributed by atoms with Crippen LogP contribution >= 0.6 is 0 Å². The molecule has 0 spiro atoms. The molecule has 3 rings (SSSR count). The lowest BCUT2D eigenvalue weighted by molar-refractivity contribution is -0.137. The molecule has 0 radical (unpaired) electrons. The van der Waals surface area contributed by atoms with Gasteiger partial charge in [0.05, 0.1) is 12.0 Å². The highest BCUT2D eigenvalue weighted by Crippen LogP contribution is 2.29. The van der Waals surface area contributed by atoms with Gasteiger partial charge in [-0.15, -0.1) is 0 Å². The van der Waals surface area contributed by atoms with E-state index in [0.29, 0.717) is 37.3 Å². The molecular formula is C20H21F3N4O2. The number of alkyl halides is 3. The average Bonchev–Trinajstić information content (AvgIpc) is 2.69. The van der Waals surface area contributed by atoms with Crippen LogP contribution in [0.5, 0.6) is 0 Å². The number of amides is 3. The standard InChI is InChI=1S/C20H21F3N4O2/c21-20(22,23)15-6-4-14(5-7-15)13-18(28)27-11-8-16(9-12-27)25-19(29)26-17-3-1-2-10-24-17/h1-7,10,16H,8-9,11-13H2,(H2,24,25,26,29). The minimum absolute atomic E-state index is 0.0520. The molecule has 0 bridgehead atoms. The molecule has 2 N–H and O–H groups in total. The Kier molecular flexibility index (Phi) is 6.36. The summed E-state index contributed by atoms with van der Waals surface area (Å²) in [6.45, 7) is 0.960. The third-order valence-corrected chi connectivity index (χ3v) is 4.73. The van der Waals surface area contributed by atoms with Gasteiger partial charge in [-0.05, 0) is 42.7 Å². The van der Waals surface area contributed by atoms with Crippen molar-refractivity contribution in [2.75, 3.05) is 18.4 Å². The first kappa shape index (κ1) is 20.6. The first-order chi connectivity index (χ1) is 13.8. The number of rotatable bonds is 4. The second kappa shape index (κ2) is 8.93. The summed E-state index contributed by atoms with van der Waals surface area (Å²) < 4.78 is 37.8. The minimum Gasteiger partial charge on any atom is -0.342 e. The zero-order valence-corrected chi connectivity index (χ0v) is 15.6. The van der Waals surface area contributed by atoms with Crippen LogP contribution in [-0.2, 0) is 17.4 Å². The Balaban J connectivity index is 1.44. The third-order valence-electron chi connectivity index (χ3n) is 4.73. The molecule has 0 unspecified atom stereocenters. The quantitative estimate of drug-likeness (QED) is 0.817. The van der Waals surface area contributed by atoms with Gasteiger partial charge in [-0.2, -0.15) is 13.2 Å². The van der Waals surface area contributed by atoms with Gasteiger partial charge >= 0.3 is 12.2 Å². The number of piperidine rings is 1. The summed E-state index contributed by atoms with van der Waals surface area (Å²) in [6.07, 6.45) is -1.55. The van der Waals surface area contributed by atoms with Gasteiger partial charge < -0.3 is 10.2 Å². The Morgan fingerprint density at radius 2 is 1.76 bits per heavy atom. The van der Waals surface area contributed by atoms with Crippen molar-refractivity contribution < 1.29 is 22.8 Å². The number of carbonyl (C=O) groups excluding carboxylic acids is 2. The van der Waals surface area contributed by atoms with Crippen molar-refractivity contribution in [1.82, 2.24) is 15.2 Å². The van der Waals surface area contributed by atoms with E-state index in [1.54, 1.807) is 29.3 Å². The van der Waals surface area contributed by atoms with Crippen LogP contribution < -0.4 is 10.6 Å². The van der Waals surface area contributed by atoms with Crippen molar-refractivity contribution in [3.05, 3.63) is 59.8 Å². The summed E-state index contributed by atoms with van der Waals surface area (Å²) in [7, 11) is 0. The van der Waals surface area contributed by atoms with Crippen molar-refractivity contribution in [2.45, 2.75) is 31.5 Å². The fourth-order valence-electron chi connectivity index (χ4n) is 3.15. The molecule has 3 amide bonds. The Labute approximate surface area is 166 Å². The predicted molar refractivity (Wildman–Crippen MR) is 101 cm³/mol. The molecule has 1 saturated heterocycles. The number of hydrogen-bond donors (Lipinski definition) is 2. The number of aromatic nitrogens is 1. The lowest BCUT2D eigenvalue weighted by atomic mass is 10.0. The fourth-order valence-corrected chi connectivity index (χ4v) is 3.15. The number of halogens is 3. The molecule has 1 aliphatic rings. The van der Waals surface area contributed by atoms with Crippen LogP contribution in [0.2, 0.25) is 0 Å². The van der Waals surface area contributed by atoms with E-state index in [2.05, 4.69) is 15.6 Å². The van der Waals surface area contributed by atoms with E-state index < -0.39 is 11.7 Å². The normalized spacial score (nSPS) is 15.1. The molecule has 1 aromatic carbocycles. The monoisotopic (exact) mass is 406 g/mol. The summed E-state index contributed by atoms with van der Waals surface area (Å²) in [5.74, 6) is 0.315. The molecule has 2 heterocycles. The lowest BCUT2D eigenvalue weighted by Gasteiger charge is -2.32. The molecule has 1 aromatic heterocycles.